The zero-order valence-corrected chi connectivity index (χ0v) is 27.2. The number of nitro benzene ring substituents is 1. The number of rotatable bonds is 13. The van der Waals surface area contributed by atoms with E-state index in [0.29, 0.717) is 19.4 Å². The molecular formula is C30H44N6O10. The number of amides is 5. The van der Waals surface area contributed by atoms with Gasteiger partial charge in [-0.25, -0.2) is 9.59 Å². The Morgan fingerprint density at radius 2 is 1.54 bits per heavy atom. The van der Waals surface area contributed by atoms with Gasteiger partial charge in [0, 0.05) is 18.7 Å². The summed E-state index contributed by atoms with van der Waals surface area (Å²) in [5.41, 5.74) is -0.940. The first-order valence-electron chi connectivity index (χ1n) is 15.0. The van der Waals surface area contributed by atoms with Crippen LogP contribution in [0.5, 0.6) is 5.75 Å². The maximum atomic E-state index is 13.4. The highest BCUT2D eigenvalue weighted by molar-refractivity contribution is 5.95. The number of carbonyl (C=O) groups excluding carboxylic acids is 6. The molecule has 0 saturated carbocycles. The number of likely N-dealkylation sites (tertiary alicyclic amines) is 1. The van der Waals surface area contributed by atoms with E-state index in [0.717, 1.165) is 0 Å². The van der Waals surface area contributed by atoms with Crippen LogP contribution in [0.3, 0.4) is 0 Å². The number of nitrogens with one attached hydrogen (secondary N) is 4. The Morgan fingerprint density at radius 3 is 2.09 bits per heavy atom. The lowest BCUT2D eigenvalue weighted by atomic mass is 10.0. The van der Waals surface area contributed by atoms with Gasteiger partial charge in [0.05, 0.1) is 11.5 Å². The highest BCUT2D eigenvalue weighted by Gasteiger charge is 2.39. The molecule has 0 unspecified atom stereocenters. The molecule has 1 aliphatic heterocycles. The Kier molecular flexibility index (Phi) is 13.4. The number of alkyl carbamates (subject to hydrolysis) is 1. The SMILES string of the molecule is CC(C)[C@H](NC(=O)CNC(=O)[C@@H]1CCCN1C(=O)[C@@H](NC(=O)OC(C)(C)C)C(C)C)C(=O)NCC(=O)Oc1ccc([N+](=O)[O-])cc1. The molecule has 1 fully saturated rings. The lowest BCUT2D eigenvalue weighted by molar-refractivity contribution is -0.384. The highest BCUT2D eigenvalue weighted by atomic mass is 16.6. The molecule has 5 amide bonds. The van der Waals surface area contributed by atoms with Crippen molar-refractivity contribution in [3.63, 3.8) is 0 Å². The molecule has 1 saturated heterocycles. The van der Waals surface area contributed by atoms with E-state index in [1.807, 2.05) is 0 Å². The smallest absolute Gasteiger partial charge is 0.408 e. The summed E-state index contributed by atoms with van der Waals surface area (Å²) in [6.07, 6.45) is 0.167. The monoisotopic (exact) mass is 648 g/mol. The standard InChI is InChI=1S/C30H44N6O10/c1-17(2)24(27(40)32-16-23(38)45-20-12-10-19(11-13-20)36(43)44)33-22(37)15-31-26(39)21-9-8-14-35(21)28(41)25(18(3)4)34-29(42)46-30(5,6)7/h10-13,17-18,21,24-25H,8-9,14-16H2,1-7H3,(H,31,39)(H,32,40)(H,33,37)(H,34,42)/t21-,24-,25-/m0/s1. The minimum atomic E-state index is -1.05. The van der Waals surface area contributed by atoms with E-state index in [-0.39, 0.29) is 17.4 Å². The van der Waals surface area contributed by atoms with Crippen molar-refractivity contribution in [2.24, 2.45) is 11.8 Å². The Hall–Kier alpha value is -4.76. The van der Waals surface area contributed by atoms with Gasteiger partial charge in [-0.3, -0.25) is 29.3 Å². The van der Waals surface area contributed by atoms with Crippen LogP contribution in [0, 0.1) is 22.0 Å². The molecule has 16 heteroatoms. The minimum Gasteiger partial charge on any atom is -0.444 e. The molecule has 3 atom stereocenters. The third-order valence-corrected chi connectivity index (χ3v) is 6.82. The summed E-state index contributed by atoms with van der Waals surface area (Å²) in [5, 5.41) is 20.8. The Bertz CT molecular complexity index is 1290. The van der Waals surface area contributed by atoms with E-state index < -0.39 is 83.3 Å². The Morgan fingerprint density at radius 1 is 0.935 bits per heavy atom. The van der Waals surface area contributed by atoms with Crippen molar-refractivity contribution in [3.8, 4) is 5.75 Å². The minimum absolute atomic E-state index is 0.0517. The third kappa shape index (κ3) is 11.6. The van der Waals surface area contributed by atoms with Crippen LogP contribution in [0.2, 0.25) is 0 Å². The average Bonchev–Trinajstić information content (AvgIpc) is 3.45. The zero-order valence-electron chi connectivity index (χ0n) is 27.2. The second-order valence-corrected chi connectivity index (χ2v) is 12.5. The van der Waals surface area contributed by atoms with Gasteiger partial charge in [0.1, 0.15) is 36.0 Å². The highest BCUT2D eigenvalue weighted by Crippen LogP contribution is 2.21. The summed E-state index contributed by atoms with van der Waals surface area (Å²) in [4.78, 5) is 87.9. The molecule has 0 bridgehead atoms. The summed E-state index contributed by atoms with van der Waals surface area (Å²) in [5.74, 6) is -3.79. The zero-order chi connectivity index (χ0) is 34.8. The molecule has 1 aliphatic rings. The normalized spacial score (nSPS) is 15.8. The molecule has 2 rings (SSSR count). The molecule has 1 aromatic carbocycles. The summed E-state index contributed by atoms with van der Waals surface area (Å²) in [6.45, 7) is 11.3. The number of non-ortho nitro benzene ring substituents is 1. The summed E-state index contributed by atoms with van der Waals surface area (Å²) >= 11 is 0. The van der Waals surface area contributed by atoms with Crippen LogP contribution in [0.1, 0.15) is 61.3 Å². The number of hydrogen-bond donors (Lipinski definition) is 4. The Labute approximate surface area is 267 Å². The van der Waals surface area contributed by atoms with Crippen molar-refractivity contribution < 1.29 is 43.2 Å². The van der Waals surface area contributed by atoms with E-state index in [9.17, 15) is 38.9 Å². The fourth-order valence-electron chi connectivity index (χ4n) is 4.55. The number of esters is 1. The first-order valence-corrected chi connectivity index (χ1v) is 15.0. The van der Waals surface area contributed by atoms with Crippen LogP contribution in [0.4, 0.5) is 10.5 Å². The topological polar surface area (TPSA) is 215 Å². The van der Waals surface area contributed by atoms with Gasteiger partial charge in [-0.15, -0.1) is 0 Å². The summed E-state index contributed by atoms with van der Waals surface area (Å²) in [6, 6.07) is 1.99. The molecule has 0 spiro atoms. The Balaban J connectivity index is 1.90. The van der Waals surface area contributed by atoms with Crippen LogP contribution in [-0.2, 0) is 28.7 Å². The summed E-state index contributed by atoms with van der Waals surface area (Å²) < 4.78 is 10.3. The second-order valence-electron chi connectivity index (χ2n) is 12.5. The van der Waals surface area contributed by atoms with Crippen LogP contribution < -0.4 is 26.0 Å². The molecule has 0 radical (unpaired) electrons. The van der Waals surface area contributed by atoms with Gasteiger partial charge in [0.25, 0.3) is 5.69 Å². The second kappa shape index (κ2) is 16.5. The van der Waals surface area contributed by atoms with E-state index in [4.69, 9.17) is 9.47 Å². The molecule has 1 heterocycles. The van der Waals surface area contributed by atoms with E-state index in [1.54, 1.807) is 48.5 Å². The first-order chi connectivity index (χ1) is 21.4. The van der Waals surface area contributed by atoms with E-state index in [1.165, 1.54) is 29.2 Å². The third-order valence-electron chi connectivity index (χ3n) is 6.82. The van der Waals surface area contributed by atoms with Crippen LogP contribution in [0.15, 0.2) is 24.3 Å². The number of nitro groups is 1. The van der Waals surface area contributed by atoms with Crippen LogP contribution in [0.25, 0.3) is 0 Å². The molecule has 0 aromatic heterocycles. The van der Waals surface area contributed by atoms with Crippen molar-refractivity contribution >= 4 is 41.4 Å². The van der Waals surface area contributed by atoms with E-state index in [2.05, 4.69) is 21.3 Å². The molecule has 0 aliphatic carbocycles. The summed E-state index contributed by atoms with van der Waals surface area (Å²) in [7, 11) is 0. The first kappa shape index (κ1) is 37.4. The van der Waals surface area contributed by atoms with Gasteiger partial charge in [0.15, 0.2) is 0 Å². The quantitative estimate of drug-likeness (QED) is 0.104. The maximum Gasteiger partial charge on any atom is 0.408 e. The van der Waals surface area contributed by atoms with Crippen LogP contribution >= 0.6 is 0 Å². The lowest BCUT2D eigenvalue weighted by Gasteiger charge is -2.31. The molecular weight excluding hydrogens is 604 g/mol. The van der Waals surface area contributed by atoms with E-state index >= 15 is 0 Å². The number of nitrogens with zero attached hydrogens (tertiary/aromatic N) is 2. The van der Waals surface area contributed by atoms with Crippen molar-refractivity contribution in [1.29, 1.82) is 0 Å². The largest absolute Gasteiger partial charge is 0.444 e. The van der Waals surface area contributed by atoms with Gasteiger partial charge in [-0.1, -0.05) is 27.7 Å². The number of benzene rings is 1. The van der Waals surface area contributed by atoms with Crippen molar-refractivity contribution in [2.75, 3.05) is 19.6 Å². The molecule has 1 aromatic rings. The van der Waals surface area contributed by atoms with Gasteiger partial charge in [0.2, 0.25) is 23.6 Å². The molecule has 254 valence electrons. The fourth-order valence-corrected chi connectivity index (χ4v) is 4.55. The number of ether oxygens (including phenoxy) is 2. The average molecular weight is 649 g/mol. The number of carbonyl (C=O) groups is 6. The fraction of sp³-hybridized carbons (Fsp3) is 0.600. The predicted molar refractivity (Wildman–Crippen MR) is 164 cm³/mol. The van der Waals surface area contributed by atoms with Crippen molar-refractivity contribution in [1.82, 2.24) is 26.2 Å². The molecule has 16 nitrogen and oxygen atoms in total. The molecule has 4 N–H and O–H groups in total. The molecule has 46 heavy (non-hydrogen) atoms. The van der Waals surface area contributed by atoms with Gasteiger partial charge < -0.3 is 35.6 Å². The van der Waals surface area contributed by atoms with Crippen LogP contribution in [-0.4, -0.2) is 88.9 Å². The lowest BCUT2D eigenvalue weighted by Crippen LogP contribution is -2.56. The van der Waals surface area contributed by atoms with Crippen molar-refractivity contribution in [2.45, 2.75) is 85.0 Å². The van der Waals surface area contributed by atoms with Gasteiger partial charge in [-0.05, 0) is 57.6 Å². The van der Waals surface area contributed by atoms with Gasteiger partial charge in [-0.2, -0.15) is 0 Å². The van der Waals surface area contributed by atoms with Gasteiger partial charge >= 0.3 is 12.1 Å². The number of hydrogen-bond acceptors (Lipinski definition) is 10. The predicted octanol–water partition coefficient (Wildman–Crippen LogP) is 1.41. The maximum absolute atomic E-state index is 13.4. The van der Waals surface area contributed by atoms with Crippen molar-refractivity contribution in [3.05, 3.63) is 34.4 Å².